The van der Waals surface area contributed by atoms with Crippen LogP contribution in [0.5, 0.6) is 11.5 Å². The predicted octanol–water partition coefficient (Wildman–Crippen LogP) is 1.72. The molecule has 0 radical (unpaired) electrons. The number of sulfonamides is 1. The summed E-state index contributed by atoms with van der Waals surface area (Å²) in [5.74, 6) is 0.706. The van der Waals surface area contributed by atoms with E-state index in [9.17, 15) is 13.2 Å². The fraction of sp³-hybridized carbons (Fsp3) is 0.316. The molecule has 1 N–H and O–H groups in total. The Morgan fingerprint density at radius 1 is 1.26 bits per heavy atom. The third-order valence-electron chi connectivity index (χ3n) is 4.09. The summed E-state index contributed by atoms with van der Waals surface area (Å²) in [6, 6.07) is 14.5. The Kier molecular flexibility index (Phi) is 5.55. The molecule has 27 heavy (non-hydrogen) atoms. The fourth-order valence-electron chi connectivity index (χ4n) is 2.79. The average Bonchev–Trinajstić information content (AvgIpc) is 2.64. The van der Waals surface area contributed by atoms with Crippen LogP contribution in [0.15, 0.2) is 48.5 Å². The van der Waals surface area contributed by atoms with Gasteiger partial charge in [-0.15, -0.1) is 0 Å². The number of nitrogens with zero attached hydrogens (tertiary/aromatic N) is 1. The first-order chi connectivity index (χ1) is 12.8. The molecule has 0 fully saturated rings. The van der Waals surface area contributed by atoms with Gasteiger partial charge in [0.2, 0.25) is 10.0 Å². The van der Waals surface area contributed by atoms with Gasteiger partial charge < -0.3 is 14.8 Å². The van der Waals surface area contributed by atoms with E-state index >= 15 is 0 Å². The van der Waals surface area contributed by atoms with Crippen molar-refractivity contribution in [2.24, 2.45) is 0 Å². The van der Waals surface area contributed by atoms with E-state index in [0.29, 0.717) is 23.8 Å². The molecule has 1 aliphatic heterocycles. The summed E-state index contributed by atoms with van der Waals surface area (Å²) in [6.45, 7) is 2.38. The molecule has 3 rings (SSSR count). The maximum atomic E-state index is 12.4. The zero-order chi connectivity index (χ0) is 19.4. The van der Waals surface area contributed by atoms with Crippen molar-refractivity contribution in [1.29, 1.82) is 0 Å². The monoisotopic (exact) mass is 390 g/mol. The van der Waals surface area contributed by atoms with Gasteiger partial charge in [0.1, 0.15) is 18.1 Å². The molecule has 7 nitrogen and oxygen atoms in total. The highest BCUT2D eigenvalue weighted by Gasteiger charge is 2.34. The lowest BCUT2D eigenvalue weighted by molar-refractivity contribution is -0.127. The molecule has 144 valence electrons. The van der Waals surface area contributed by atoms with E-state index < -0.39 is 16.1 Å². The number of anilines is 1. The molecule has 1 amide bonds. The quantitative estimate of drug-likeness (QED) is 0.759. The number of rotatable bonds is 6. The molecule has 0 saturated carbocycles. The molecule has 0 bridgehead atoms. The molecule has 0 aromatic heterocycles. The van der Waals surface area contributed by atoms with Gasteiger partial charge in [-0.25, -0.2) is 8.42 Å². The summed E-state index contributed by atoms with van der Waals surface area (Å²) >= 11 is 0. The number of para-hydroxylation sites is 1. The number of carbonyl (C=O) groups is 1. The van der Waals surface area contributed by atoms with Crippen LogP contribution in [-0.2, 0) is 14.8 Å². The van der Waals surface area contributed by atoms with Crippen LogP contribution in [0, 0.1) is 6.92 Å². The highest BCUT2D eigenvalue weighted by molar-refractivity contribution is 7.92. The lowest BCUT2D eigenvalue weighted by Gasteiger charge is -2.34. The second-order valence-electron chi connectivity index (χ2n) is 6.32. The van der Waals surface area contributed by atoms with Crippen LogP contribution in [0.2, 0.25) is 0 Å². The summed E-state index contributed by atoms with van der Waals surface area (Å²) in [5, 5.41) is 2.73. The van der Waals surface area contributed by atoms with Crippen molar-refractivity contribution in [3.8, 4) is 11.5 Å². The largest absolute Gasteiger partial charge is 0.492 e. The lowest BCUT2D eigenvalue weighted by Crippen LogP contribution is -2.51. The molecule has 0 unspecified atom stereocenters. The van der Waals surface area contributed by atoms with Crippen LogP contribution in [0.4, 0.5) is 5.69 Å². The highest BCUT2D eigenvalue weighted by atomic mass is 32.2. The van der Waals surface area contributed by atoms with Gasteiger partial charge in [-0.1, -0.05) is 24.3 Å². The Morgan fingerprint density at radius 2 is 2.00 bits per heavy atom. The smallest absolute Gasteiger partial charge is 0.263 e. The van der Waals surface area contributed by atoms with E-state index in [-0.39, 0.29) is 19.0 Å². The van der Waals surface area contributed by atoms with Crippen molar-refractivity contribution in [3.05, 3.63) is 54.1 Å². The van der Waals surface area contributed by atoms with Crippen LogP contribution in [0.1, 0.15) is 5.56 Å². The van der Waals surface area contributed by atoms with Crippen molar-refractivity contribution in [1.82, 2.24) is 5.32 Å². The van der Waals surface area contributed by atoms with Gasteiger partial charge in [0, 0.05) is 0 Å². The van der Waals surface area contributed by atoms with Crippen molar-refractivity contribution >= 4 is 21.6 Å². The second kappa shape index (κ2) is 7.87. The first-order valence-corrected chi connectivity index (χ1v) is 10.4. The first-order valence-electron chi connectivity index (χ1n) is 8.55. The first kappa shape index (κ1) is 19.0. The standard InChI is InChI=1S/C19H22N2O5S/c1-14-8-9-17-16(12-14)21(27(2,23)24)13-18(26-17)19(22)20-10-11-25-15-6-4-3-5-7-15/h3-9,12,18H,10-11,13H2,1-2H3,(H,20,22)/t18-/m0/s1. The van der Waals surface area contributed by atoms with Gasteiger partial charge >= 0.3 is 0 Å². The number of nitrogens with one attached hydrogen (secondary N) is 1. The van der Waals surface area contributed by atoms with Crippen molar-refractivity contribution in [2.75, 3.05) is 30.3 Å². The van der Waals surface area contributed by atoms with Gasteiger partial charge in [-0.2, -0.15) is 0 Å². The molecular weight excluding hydrogens is 368 g/mol. The minimum Gasteiger partial charge on any atom is -0.492 e. The molecular formula is C19H22N2O5S. The summed E-state index contributed by atoms with van der Waals surface area (Å²) in [7, 11) is -3.54. The van der Waals surface area contributed by atoms with Gasteiger partial charge in [0.15, 0.2) is 6.10 Å². The maximum Gasteiger partial charge on any atom is 0.263 e. The average molecular weight is 390 g/mol. The van der Waals surface area contributed by atoms with Crippen LogP contribution in [0.3, 0.4) is 0 Å². The minimum atomic E-state index is -3.54. The van der Waals surface area contributed by atoms with Crippen molar-refractivity contribution in [2.45, 2.75) is 13.0 Å². The molecule has 2 aromatic rings. The number of amides is 1. The zero-order valence-electron chi connectivity index (χ0n) is 15.2. The number of hydrogen-bond donors (Lipinski definition) is 1. The zero-order valence-corrected chi connectivity index (χ0v) is 16.0. The molecule has 0 spiro atoms. The summed E-state index contributed by atoms with van der Waals surface area (Å²) in [6.07, 6.45) is 0.194. The van der Waals surface area contributed by atoms with Crippen LogP contribution >= 0.6 is 0 Å². The Balaban J connectivity index is 1.63. The van der Waals surface area contributed by atoms with E-state index in [0.717, 1.165) is 11.8 Å². The molecule has 0 saturated heterocycles. The summed E-state index contributed by atoms with van der Waals surface area (Å²) in [4.78, 5) is 12.4. The van der Waals surface area contributed by atoms with Crippen LogP contribution in [0.25, 0.3) is 0 Å². The van der Waals surface area contributed by atoms with Gasteiger partial charge in [-0.3, -0.25) is 9.10 Å². The van der Waals surface area contributed by atoms with E-state index in [1.807, 2.05) is 43.3 Å². The van der Waals surface area contributed by atoms with E-state index in [2.05, 4.69) is 5.32 Å². The van der Waals surface area contributed by atoms with Gasteiger partial charge in [0.05, 0.1) is 25.0 Å². The third-order valence-corrected chi connectivity index (χ3v) is 5.24. The molecule has 0 aliphatic carbocycles. The summed E-state index contributed by atoms with van der Waals surface area (Å²) < 4.78 is 36.8. The Labute approximate surface area is 158 Å². The summed E-state index contributed by atoms with van der Waals surface area (Å²) in [5.41, 5.74) is 1.36. The van der Waals surface area contributed by atoms with Crippen molar-refractivity contribution < 1.29 is 22.7 Å². The number of carbonyl (C=O) groups excluding carboxylic acids is 1. The Morgan fingerprint density at radius 3 is 2.70 bits per heavy atom. The normalized spacial score (nSPS) is 16.2. The van der Waals surface area contributed by atoms with E-state index in [4.69, 9.17) is 9.47 Å². The molecule has 1 heterocycles. The van der Waals surface area contributed by atoms with Crippen LogP contribution < -0.4 is 19.1 Å². The van der Waals surface area contributed by atoms with Gasteiger partial charge in [-0.05, 0) is 36.8 Å². The molecule has 2 aromatic carbocycles. The highest BCUT2D eigenvalue weighted by Crippen LogP contribution is 2.35. The van der Waals surface area contributed by atoms with Crippen molar-refractivity contribution in [3.63, 3.8) is 0 Å². The Bertz CT molecular complexity index is 915. The number of hydrogen-bond acceptors (Lipinski definition) is 5. The molecule has 8 heteroatoms. The number of benzene rings is 2. The lowest BCUT2D eigenvalue weighted by atomic mass is 10.1. The van der Waals surface area contributed by atoms with Crippen LogP contribution in [-0.4, -0.2) is 46.4 Å². The molecule has 1 atom stereocenters. The van der Waals surface area contributed by atoms with E-state index in [1.165, 1.54) is 4.31 Å². The third kappa shape index (κ3) is 4.71. The minimum absolute atomic E-state index is 0.0688. The molecule has 1 aliphatic rings. The Hall–Kier alpha value is -2.74. The second-order valence-corrected chi connectivity index (χ2v) is 8.23. The number of aryl methyl sites for hydroxylation is 1. The topological polar surface area (TPSA) is 84.9 Å². The number of fused-ring (bicyclic) bond motifs is 1. The predicted molar refractivity (Wildman–Crippen MR) is 103 cm³/mol. The van der Waals surface area contributed by atoms with E-state index in [1.54, 1.807) is 12.1 Å². The maximum absolute atomic E-state index is 12.4. The van der Waals surface area contributed by atoms with Gasteiger partial charge in [0.25, 0.3) is 5.91 Å². The number of ether oxygens (including phenoxy) is 2. The fourth-order valence-corrected chi connectivity index (χ4v) is 3.69. The SMILES string of the molecule is Cc1ccc2c(c1)N(S(C)(=O)=O)C[C@@H](C(=O)NCCOc1ccccc1)O2.